The zero-order valence-corrected chi connectivity index (χ0v) is 24.6. The molecule has 5 N–H and O–H groups in total. The van der Waals surface area contributed by atoms with Crippen molar-refractivity contribution in [1.29, 1.82) is 0 Å². The average Bonchev–Trinajstić information content (AvgIpc) is 2.82. The smallest absolute Gasteiger partial charge is 0.0917 e. The molecule has 0 heterocycles. The number of thioether (sulfide) groups is 2. The van der Waals surface area contributed by atoms with Crippen molar-refractivity contribution < 1.29 is 39.7 Å². The molecule has 0 aliphatic rings. The summed E-state index contributed by atoms with van der Waals surface area (Å²) in [7, 11) is 0. The van der Waals surface area contributed by atoms with Crippen LogP contribution in [0.15, 0.2) is 0 Å². The zero-order chi connectivity index (χ0) is 27.2. The van der Waals surface area contributed by atoms with Crippen LogP contribution in [-0.4, -0.2) is 118 Å². The largest absolute Gasteiger partial charge is 0.396 e. The summed E-state index contributed by atoms with van der Waals surface area (Å²) in [4.78, 5) is 0. The molecule has 0 saturated carbocycles. The summed E-state index contributed by atoms with van der Waals surface area (Å²) in [5, 5.41) is 49.3. The molecule has 0 radical (unpaired) electrons. The molecule has 0 aromatic rings. The summed E-state index contributed by atoms with van der Waals surface area (Å²) in [5.41, 5.74) is -0.646. The van der Waals surface area contributed by atoms with Gasteiger partial charge >= 0.3 is 0 Å². The highest BCUT2D eigenvalue weighted by atomic mass is 32.2. The number of rotatable bonds is 26. The highest BCUT2D eigenvalue weighted by Gasteiger charge is 2.32. The Balaban J connectivity index is 3.86. The molecule has 36 heavy (non-hydrogen) atoms. The molecule has 0 amide bonds. The summed E-state index contributed by atoms with van der Waals surface area (Å²) in [6.07, 6.45) is 2.45. The van der Waals surface area contributed by atoms with Gasteiger partial charge in [-0.15, -0.1) is 0 Å². The minimum atomic E-state index is -0.646. The van der Waals surface area contributed by atoms with Crippen LogP contribution in [0, 0.1) is 5.92 Å². The molecule has 10 heteroatoms. The molecule has 0 rings (SSSR count). The van der Waals surface area contributed by atoms with Crippen LogP contribution in [0.3, 0.4) is 0 Å². The molecule has 0 aromatic heterocycles. The van der Waals surface area contributed by atoms with Gasteiger partial charge in [0.15, 0.2) is 0 Å². The van der Waals surface area contributed by atoms with Gasteiger partial charge < -0.3 is 39.7 Å². The molecule has 218 valence electrons. The summed E-state index contributed by atoms with van der Waals surface area (Å²) in [6, 6.07) is 0. The third-order valence-corrected chi connectivity index (χ3v) is 8.20. The molecule has 0 aliphatic carbocycles. The van der Waals surface area contributed by atoms with Crippen molar-refractivity contribution in [1.82, 2.24) is 0 Å². The second-order valence-corrected chi connectivity index (χ2v) is 12.1. The molecule has 0 bridgehead atoms. The number of hydrogen-bond donors (Lipinski definition) is 5. The topological polar surface area (TPSA) is 129 Å². The Morgan fingerprint density at radius 1 is 0.722 bits per heavy atom. The Bertz CT molecular complexity index is 489. The molecule has 0 aliphatic heterocycles. The van der Waals surface area contributed by atoms with E-state index in [0.717, 1.165) is 25.7 Å². The predicted octanol–water partition coefficient (Wildman–Crippen LogP) is 2.71. The summed E-state index contributed by atoms with van der Waals surface area (Å²) < 4.78 is 17.0. The van der Waals surface area contributed by atoms with Gasteiger partial charge in [0.25, 0.3) is 0 Å². The van der Waals surface area contributed by atoms with E-state index < -0.39 is 23.9 Å². The van der Waals surface area contributed by atoms with Gasteiger partial charge in [0.05, 0.1) is 43.2 Å². The van der Waals surface area contributed by atoms with Crippen molar-refractivity contribution in [2.45, 2.75) is 96.2 Å². The quantitative estimate of drug-likeness (QED) is 0.101. The molecule has 0 saturated heterocycles. The van der Waals surface area contributed by atoms with Gasteiger partial charge in [0.2, 0.25) is 0 Å². The van der Waals surface area contributed by atoms with Crippen molar-refractivity contribution in [3.8, 4) is 0 Å². The number of hydrogen-bond acceptors (Lipinski definition) is 10. The zero-order valence-electron chi connectivity index (χ0n) is 23.0. The first-order valence-electron chi connectivity index (χ1n) is 13.4. The van der Waals surface area contributed by atoms with Crippen molar-refractivity contribution in [2.75, 3.05) is 62.7 Å². The minimum Gasteiger partial charge on any atom is -0.396 e. The fourth-order valence-electron chi connectivity index (χ4n) is 3.34. The summed E-state index contributed by atoms with van der Waals surface area (Å²) >= 11 is 3.03. The second kappa shape index (κ2) is 23.3. The Morgan fingerprint density at radius 2 is 1.22 bits per heavy atom. The highest BCUT2D eigenvalue weighted by molar-refractivity contribution is 7.99. The Kier molecular flexibility index (Phi) is 23.5. The van der Waals surface area contributed by atoms with Crippen LogP contribution < -0.4 is 0 Å². The maximum atomic E-state index is 10.7. The van der Waals surface area contributed by atoms with Gasteiger partial charge in [-0.05, 0) is 51.4 Å². The van der Waals surface area contributed by atoms with Crippen molar-refractivity contribution >= 4 is 23.5 Å². The first kappa shape index (κ1) is 36.4. The van der Waals surface area contributed by atoms with E-state index in [1.54, 1.807) is 11.8 Å². The predicted molar refractivity (Wildman–Crippen MR) is 150 cm³/mol. The molecule has 5 unspecified atom stereocenters. The first-order chi connectivity index (χ1) is 17.1. The maximum absolute atomic E-state index is 10.7. The van der Waals surface area contributed by atoms with Gasteiger partial charge in [-0.1, -0.05) is 20.8 Å². The number of aliphatic hydroxyl groups is 5. The van der Waals surface area contributed by atoms with E-state index in [9.17, 15) is 20.4 Å². The lowest BCUT2D eigenvalue weighted by Gasteiger charge is -2.34. The van der Waals surface area contributed by atoms with Crippen molar-refractivity contribution in [3.63, 3.8) is 0 Å². The third kappa shape index (κ3) is 20.4. The third-order valence-electron chi connectivity index (χ3n) is 5.79. The molecule has 0 aromatic carbocycles. The van der Waals surface area contributed by atoms with E-state index in [1.165, 1.54) is 11.8 Å². The van der Waals surface area contributed by atoms with Crippen LogP contribution in [0.2, 0.25) is 0 Å². The average molecular weight is 559 g/mol. The minimum absolute atomic E-state index is 0.154. The summed E-state index contributed by atoms with van der Waals surface area (Å²) in [6.45, 7) is 10.4. The lowest BCUT2D eigenvalue weighted by atomic mass is 9.97. The molecular formula is C26H54O8S2. The van der Waals surface area contributed by atoms with Gasteiger partial charge in [-0.3, -0.25) is 0 Å². The van der Waals surface area contributed by atoms with Gasteiger partial charge in [0.1, 0.15) is 0 Å². The Hall–Kier alpha value is 0.380. The molecule has 8 nitrogen and oxygen atoms in total. The van der Waals surface area contributed by atoms with Crippen LogP contribution in [0.5, 0.6) is 0 Å². The molecule has 5 atom stereocenters. The van der Waals surface area contributed by atoms with Crippen molar-refractivity contribution in [2.24, 2.45) is 5.92 Å². The number of aliphatic hydroxyl groups excluding tert-OH is 5. The normalized spacial score (nSPS) is 17.2. The molecular weight excluding hydrogens is 504 g/mol. The lowest BCUT2D eigenvalue weighted by Crippen LogP contribution is -2.43. The fourth-order valence-corrected chi connectivity index (χ4v) is 5.33. The number of ether oxygens (including phenoxy) is 3. The lowest BCUT2D eigenvalue weighted by molar-refractivity contribution is -0.107. The SMILES string of the molecule is CCC(C)(OCCCCOCC(O)CSCC(O)CC(C)C)C(O)CSCC(O)COCCCCO. The van der Waals surface area contributed by atoms with E-state index in [1.807, 2.05) is 13.8 Å². The van der Waals surface area contributed by atoms with Crippen LogP contribution in [0.4, 0.5) is 0 Å². The first-order valence-corrected chi connectivity index (χ1v) is 15.7. The number of unbranched alkanes of at least 4 members (excludes halogenated alkanes) is 2. The van der Waals surface area contributed by atoms with Crippen LogP contribution in [0.1, 0.15) is 66.2 Å². The monoisotopic (exact) mass is 558 g/mol. The van der Waals surface area contributed by atoms with Crippen molar-refractivity contribution in [3.05, 3.63) is 0 Å². The van der Waals surface area contributed by atoms with Gasteiger partial charge in [0, 0.05) is 49.4 Å². The van der Waals surface area contributed by atoms with Crippen LogP contribution in [-0.2, 0) is 14.2 Å². The summed E-state index contributed by atoms with van der Waals surface area (Å²) in [5.74, 6) is 2.61. The van der Waals surface area contributed by atoms with Gasteiger partial charge in [-0.25, -0.2) is 0 Å². The second-order valence-electron chi connectivity index (χ2n) is 9.98. The standard InChI is InChI=1S/C26H54O8S2/c1-5-26(4,25(31)20-36-19-24(30)16-32-11-7-6-10-27)34-13-9-8-12-33-15-23(29)18-35-17-22(28)14-21(2)3/h21-25,27-31H,5-20H2,1-4H3. The molecule has 0 fully saturated rings. The van der Waals surface area contributed by atoms with E-state index >= 15 is 0 Å². The van der Waals surface area contributed by atoms with E-state index in [4.69, 9.17) is 19.3 Å². The molecule has 0 spiro atoms. The Labute approximate surface area is 227 Å². The van der Waals surface area contributed by atoms with Crippen LogP contribution >= 0.6 is 23.5 Å². The van der Waals surface area contributed by atoms with E-state index in [-0.39, 0.29) is 25.9 Å². The Morgan fingerprint density at radius 3 is 1.75 bits per heavy atom. The van der Waals surface area contributed by atoms with E-state index in [0.29, 0.717) is 61.6 Å². The highest BCUT2D eigenvalue weighted by Crippen LogP contribution is 2.24. The van der Waals surface area contributed by atoms with Gasteiger partial charge in [-0.2, -0.15) is 23.5 Å². The van der Waals surface area contributed by atoms with Crippen LogP contribution in [0.25, 0.3) is 0 Å². The maximum Gasteiger partial charge on any atom is 0.0917 e. The fraction of sp³-hybridized carbons (Fsp3) is 1.00. The van der Waals surface area contributed by atoms with E-state index in [2.05, 4.69) is 13.8 Å².